The molecule has 0 aliphatic rings. The Morgan fingerprint density at radius 1 is 1.19 bits per heavy atom. The Labute approximate surface area is 136 Å². The molecule has 0 fully saturated rings. The SMILES string of the molecule is CN(Cc1ccc2nc(N)sc2c1)Cc1ccccc1Br. The van der Waals surface area contributed by atoms with E-state index < -0.39 is 0 Å². The fourth-order valence-electron chi connectivity index (χ4n) is 2.37. The molecule has 0 atom stereocenters. The quantitative estimate of drug-likeness (QED) is 0.754. The van der Waals surface area contributed by atoms with Crippen LogP contribution in [0.5, 0.6) is 0 Å². The van der Waals surface area contributed by atoms with E-state index in [1.165, 1.54) is 11.1 Å². The van der Waals surface area contributed by atoms with Gasteiger partial charge in [0.05, 0.1) is 10.2 Å². The molecular weight excluding hydrogens is 346 g/mol. The third-order valence-corrected chi connectivity index (χ3v) is 4.94. The minimum Gasteiger partial charge on any atom is -0.375 e. The Bertz CT molecular complexity index is 769. The Morgan fingerprint density at radius 3 is 2.81 bits per heavy atom. The van der Waals surface area contributed by atoms with E-state index in [2.05, 4.69) is 63.2 Å². The van der Waals surface area contributed by atoms with Gasteiger partial charge in [0.1, 0.15) is 0 Å². The second-order valence-corrected chi connectivity index (χ2v) is 7.03. The first kappa shape index (κ1) is 14.5. The molecule has 0 saturated heterocycles. The highest BCUT2D eigenvalue weighted by Crippen LogP contribution is 2.25. The second kappa shape index (κ2) is 6.13. The van der Waals surface area contributed by atoms with E-state index in [1.807, 2.05) is 12.1 Å². The number of nitrogens with zero attached hydrogens (tertiary/aromatic N) is 2. The first-order valence-electron chi connectivity index (χ1n) is 6.69. The molecule has 3 nitrogen and oxygen atoms in total. The monoisotopic (exact) mass is 361 g/mol. The van der Waals surface area contributed by atoms with Crippen LogP contribution in [0.25, 0.3) is 10.2 Å². The van der Waals surface area contributed by atoms with Crippen molar-refractivity contribution in [3.63, 3.8) is 0 Å². The molecule has 0 radical (unpaired) electrons. The maximum absolute atomic E-state index is 5.75. The van der Waals surface area contributed by atoms with Gasteiger partial charge >= 0.3 is 0 Å². The van der Waals surface area contributed by atoms with Gasteiger partial charge in [0.15, 0.2) is 5.13 Å². The fraction of sp³-hybridized carbons (Fsp3) is 0.188. The molecule has 0 amide bonds. The van der Waals surface area contributed by atoms with Crippen molar-refractivity contribution < 1.29 is 0 Å². The van der Waals surface area contributed by atoms with E-state index >= 15 is 0 Å². The number of aromatic nitrogens is 1. The lowest BCUT2D eigenvalue weighted by atomic mass is 10.2. The first-order chi connectivity index (χ1) is 10.1. The summed E-state index contributed by atoms with van der Waals surface area (Å²) >= 11 is 5.14. The van der Waals surface area contributed by atoms with Crippen LogP contribution in [-0.4, -0.2) is 16.9 Å². The Hall–Kier alpha value is -1.43. The molecule has 0 bridgehead atoms. The average Bonchev–Trinajstić information content (AvgIpc) is 2.80. The number of nitrogen functional groups attached to an aromatic ring is 1. The van der Waals surface area contributed by atoms with E-state index in [-0.39, 0.29) is 0 Å². The van der Waals surface area contributed by atoms with Gasteiger partial charge in [-0.3, -0.25) is 4.90 Å². The van der Waals surface area contributed by atoms with E-state index in [0.717, 1.165) is 27.8 Å². The number of hydrogen-bond donors (Lipinski definition) is 1. The number of fused-ring (bicyclic) bond motifs is 1. The van der Waals surface area contributed by atoms with Crippen molar-refractivity contribution in [1.82, 2.24) is 9.88 Å². The molecule has 5 heteroatoms. The molecule has 0 aliphatic heterocycles. The van der Waals surface area contributed by atoms with Crippen LogP contribution in [0.3, 0.4) is 0 Å². The summed E-state index contributed by atoms with van der Waals surface area (Å²) in [5, 5.41) is 0.628. The molecule has 0 unspecified atom stereocenters. The van der Waals surface area contributed by atoms with Crippen molar-refractivity contribution in [1.29, 1.82) is 0 Å². The summed E-state index contributed by atoms with van der Waals surface area (Å²) in [5.74, 6) is 0. The minimum atomic E-state index is 0.628. The maximum atomic E-state index is 5.75. The lowest BCUT2D eigenvalue weighted by Crippen LogP contribution is -2.17. The molecule has 21 heavy (non-hydrogen) atoms. The van der Waals surface area contributed by atoms with Gasteiger partial charge in [-0.15, -0.1) is 0 Å². The zero-order valence-electron chi connectivity index (χ0n) is 11.7. The zero-order valence-corrected chi connectivity index (χ0v) is 14.1. The standard InChI is InChI=1S/C16H16BrN3S/c1-20(10-12-4-2-3-5-13(12)17)9-11-6-7-14-15(8-11)21-16(18)19-14/h2-8H,9-10H2,1H3,(H2,18,19). The van der Waals surface area contributed by atoms with E-state index in [1.54, 1.807) is 11.3 Å². The molecule has 0 aliphatic carbocycles. The highest BCUT2D eigenvalue weighted by atomic mass is 79.9. The summed E-state index contributed by atoms with van der Waals surface area (Å²) in [7, 11) is 2.13. The van der Waals surface area contributed by atoms with Crippen LogP contribution in [0.2, 0.25) is 0 Å². The number of benzene rings is 2. The molecule has 0 spiro atoms. The van der Waals surface area contributed by atoms with Gasteiger partial charge in [-0.25, -0.2) is 4.98 Å². The highest BCUT2D eigenvalue weighted by molar-refractivity contribution is 9.10. The predicted octanol–water partition coefficient (Wildman–Crippen LogP) is 4.27. The van der Waals surface area contributed by atoms with Gasteiger partial charge < -0.3 is 5.73 Å². The van der Waals surface area contributed by atoms with E-state index in [9.17, 15) is 0 Å². The zero-order chi connectivity index (χ0) is 14.8. The van der Waals surface area contributed by atoms with Gasteiger partial charge in [0.2, 0.25) is 0 Å². The summed E-state index contributed by atoms with van der Waals surface area (Å²) < 4.78 is 2.31. The lowest BCUT2D eigenvalue weighted by molar-refractivity contribution is 0.318. The first-order valence-corrected chi connectivity index (χ1v) is 8.29. The predicted molar refractivity (Wildman–Crippen MR) is 93.3 cm³/mol. The molecule has 108 valence electrons. The lowest BCUT2D eigenvalue weighted by Gasteiger charge is -2.17. The van der Waals surface area contributed by atoms with E-state index in [0.29, 0.717) is 5.13 Å². The van der Waals surface area contributed by atoms with Gasteiger partial charge in [-0.2, -0.15) is 0 Å². The van der Waals surface area contributed by atoms with Crippen molar-refractivity contribution >= 4 is 42.6 Å². The number of rotatable bonds is 4. The molecule has 3 rings (SSSR count). The van der Waals surface area contributed by atoms with Crippen LogP contribution in [0.1, 0.15) is 11.1 Å². The van der Waals surface area contributed by atoms with Gasteiger partial charge in [-0.05, 0) is 36.4 Å². The minimum absolute atomic E-state index is 0.628. The van der Waals surface area contributed by atoms with E-state index in [4.69, 9.17) is 5.73 Å². The number of hydrogen-bond acceptors (Lipinski definition) is 4. The smallest absolute Gasteiger partial charge is 0.181 e. The summed E-state index contributed by atoms with van der Waals surface area (Å²) in [6.07, 6.45) is 0. The number of halogens is 1. The van der Waals surface area contributed by atoms with Crippen LogP contribution in [-0.2, 0) is 13.1 Å². The second-order valence-electron chi connectivity index (χ2n) is 5.12. The highest BCUT2D eigenvalue weighted by Gasteiger charge is 2.07. The topological polar surface area (TPSA) is 42.2 Å². The molecular formula is C16H16BrN3S. The Kier molecular flexibility index (Phi) is 4.24. The van der Waals surface area contributed by atoms with Crippen molar-refractivity contribution in [3.8, 4) is 0 Å². The number of nitrogens with two attached hydrogens (primary N) is 1. The fourth-order valence-corrected chi connectivity index (χ4v) is 3.58. The van der Waals surface area contributed by atoms with Crippen LogP contribution in [0, 0.1) is 0 Å². The van der Waals surface area contributed by atoms with Gasteiger partial charge in [0, 0.05) is 17.6 Å². The largest absolute Gasteiger partial charge is 0.375 e. The van der Waals surface area contributed by atoms with Gasteiger partial charge in [0.25, 0.3) is 0 Å². The third kappa shape index (κ3) is 3.43. The van der Waals surface area contributed by atoms with Crippen LogP contribution in [0.15, 0.2) is 46.9 Å². The molecule has 2 aromatic carbocycles. The normalized spacial score (nSPS) is 11.4. The summed E-state index contributed by atoms with van der Waals surface area (Å²) in [6, 6.07) is 14.7. The van der Waals surface area contributed by atoms with Crippen molar-refractivity contribution in [2.24, 2.45) is 0 Å². The van der Waals surface area contributed by atoms with Crippen LogP contribution in [0.4, 0.5) is 5.13 Å². The Balaban J connectivity index is 1.73. The molecule has 0 saturated carbocycles. The van der Waals surface area contributed by atoms with Crippen molar-refractivity contribution in [3.05, 3.63) is 58.1 Å². The van der Waals surface area contributed by atoms with Crippen molar-refractivity contribution in [2.75, 3.05) is 12.8 Å². The summed E-state index contributed by atoms with van der Waals surface area (Å²) in [6.45, 7) is 1.80. The number of anilines is 1. The van der Waals surface area contributed by atoms with Crippen molar-refractivity contribution in [2.45, 2.75) is 13.1 Å². The molecule has 1 aromatic heterocycles. The average molecular weight is 362 g/mol. The number of thiazole rings is 1. The molecule has 1 heterocycles. The maximum Gasteiger partial charge on any atom is 0.181 e. The summed E-state index contributed by atoms with van der Waals surface area (Å²) in [5.41, 5.74) is 9.31. The van der Waals surface area contributed by atoms with Crippen LogP contribution >= 0.6 is 27.3 Å². The molecule has 2 N–H and O–H groups in total. The third-order valence-electron chi connectivity index (χ3n) is 3.32. The Morgan fingerprint density at radius 2 is 2.00 bits per heavy atom. The van der Waals surface area contributed by atoms with Gasteiger partial charge in [-0.1, -0.05) is 51.5 Å². The molecule has 3 aromatic rings. The van der Waals surface area contributed by atoms with Crippen LogP contribution < -0.4 is 5.73 Å². The summed E-state index contributed by atoms with van der Waals surface area (Å²) in [4.78, 5) is 6.59.